The van der Waals surface area contributed by atoms with Crippen LogP contribution in [-0.4, -0.2) is 0 Å². The number of nitrogens with zero attached hydrogens (tertiary/aromatic N) is 1. The molecule has 1 saturated carbocycles. The van der Waals surface area contributed by atoms with Crippen LogP contribution in [0.3, 0.4) is 0 Å². The van der Waals surface area contributed by atoms with Gasteiger partial charge in [0.2, 0.25) is 0 Å². The Morgan fingerprint density at radius 1 is 1.78 bits per heavy atom. The van der Waals surface area contributed by atoms with Gasteiger partial charge >= 0.3 is 0 Å². The number of allylic oxidation sites excluding steroid dienone is 1. The standard InChI is InChI=1S/C7H10N2/c1-6(4-8)7(5-9)2-3-7/h4H,2-3,8H2,1H3/b6-4+. The van der Waals surface area contributed by atoms with Crippen molar-refractivity contribution >= 4 is 0 Å². The van der Waals surface area contributed by atoms with Crippen LogP contribution in [0.5, 0.6) is 0 Å². The van der Waals surface area contributed by atoms with E-state index in [1.165, 1.54) is 6.20 Å². The van der Waals surface area contributed by atoms with Gasteiger partial charge in [-0.15, -0.1) is 0 Å². The Morgan fingerprint density at radius 2 is 2.33 bits per heavy atom. The molecule has 0 aromatic heterocycles. The molecule has 1 rings (SSSR count). The van der Waals surface area contributed by atoms with E-state index in [-0.39, 0.29) is 5.41 Å². The van der Waals surface area contributed by atoms with Crippen LogP contribution < -0.4 is 5.73 Å². The van der Waals surface area contributed by atoms with E-state index in [0.717, 1.165) is 18.4 Å². The zero-order valence-electron chi connectivity index (χ0n) is 5.52. The Labute approximate surface area is 55.0 Å². The van der Waals surface area contributed by atoms with Crippen LogP contribution in [0.1, 0.15) is 19.8 Å². The Morgan fingerprint density at radius 3 is 2.44 bits per heavy atom. The highest BCUT2D eigenvalue weighted by Crippen LogP contribution is 2.50. The van der Waals surface area contributed by atoms with Gasteiger partial charge in [-0.25, -0.2) is 0 Å². The molecule has 0 aliphatic heterocycles. The van der Waals surface area contributed by atoms with E-state index < -0.39 is 0 Å². The molecular weight excluding hydrogens is 112 g/mol. The van der Waals surface area contributed by atoms with Crippen molar-refractivity contribution in [3.8, 4) is 6.07 Å². The molecule has 0 heterocycles. The first-order valence-corrected chi connectivity index (χ1v) is 3.05. The number of rotatable bonds is 1. The molecule has 0 saturated heterocycles. The number of hydrogen-bond acceptors (Lipinski definition) is 2. The summed E-state index contributed by atoms with van der Waals surface area (Å²) in [6.45, 7) is 1.91. The maximum atomic E-state index is 8.61. The van der Waals surface area contributed by atoms with E-state index in [1.54, 1.807) is 0 Å². The molecule has 0 radical (unpaired) electrons. The van der Waals surface area contributed by atoms with Gasteiger partial charge in [0.1, 0.15) is 0 Å². The second kappa shape index (κ2) is 1.77. The highest BCUT2D eigenvalue weighted by molar-refractivity contribution is 5.28. The van der Waals surface area contributed by atoms with Crippen LogP contribution >= 0.6 is 0 Å². The number of nitrogens with two attached hydrogens (primary N) is 1. The normalized spacial score (nSPS) is 22.9. The predicted molar refractivity (Wildman–Crippen MR) is 35.2 cm³/mol. The average molecular weight is 122 g/mol. The van der Waals surface area contributed by atoms with Crippen LogP contribution in [0.4, 0.5) is 0 Å². The molecule has 1 aliphatic carbocycles. The lowest BCUT2D eigenvalue weighted by atomic mass is 10.0. The van der Waals surface area contributed by atoms with Gasteiger partial charge in [0.15, 0.2) is 0 Å². The van der Waals surface area contributed by atoms with E-state index in [1.807, 2.05) is 6.92 Å². The van der Waals surface area contributed by atoms with Crippen molar-refractivity contribution in [2.45, 2.75) is 19.8 Å². The van der Waals surface area contributed by atoms with Gasteiger partial charge in [-0.3, -0.25) is 0 Å². The number of hydrogen-bond donors (Lipinski definition) is 1. The van der Waals surface area contributed by atoms with Crippen LogP contribution in [0, 0.1) is 16.7 Å². The van der Waals surface area contributed by atoms with Crippen molar-refractivity contribution < 1.29 is 0 Å². The minimum Gasteiger partial charge on any atom is -0.405 e. The average Bonchev–Trinajstić information content (AvgIpc) is 2.66. The van der Waals surface area contributed by atoms with Crippen molar-refractivity contribution in [3.05, 3.63) is 11.8 Å². The quantitative estimate of drug-likeness (QED) is 0.567. The third-order valence-electron chi connectivity index (χ3n) is 1.97. The van der Waals surface area contributed by atoms with Gasteiger partial charge in [-0.1, -0.05) is 0 Å². The molecule has 1 aliphatic rings. The van der Waals surface area contributed by atoms with Crippen LogP contribution in [-0.2, 0) is 0 Å². The molecule has 9 heavy (non-hydrogen) atoms. The molecule has 0 aromatic rings. The summed E-state index contributed by atoms with van der Waals surface area (Å²) in [7, 11) is 0. The summed E-state index contributed by atoms with van der Waals surface area (Å²) in [4.78, 5) is 0. The zero-order chi connectivity index (χ0) is 6.91. The van der Waals surface area contributed by atoms with Crippen LogP contribution in [0.2, 0.25) is 0 Å². The van der Waals surface area contributed by atoms with Crippen molar-refractivity contribution in [1.29, 1.82) is 5.26 Å². The van der Waals surface area contributed by atoms with Crippen molar-refractivity contribution in [2.24, 2.45) is 11.1 Å². The lowest BCUT2D eigenvalue weighted by molar-refractivity contribution is 0.798. The minimum absolute atomic E-state index is 0.158. The van der Waals surface area contributed by atoms with Gasteiger partial charge in [0.05, 0.1) is 11.5 Å². The molecule has 2 nitrogen and oxygen atoms in total. The highest BCUT2D eigenvalue weighted by Gasteiger charge is 2.44. The van der Waals surface area contributed by atoms with E-state index in [0.29, 0.717) is 0 Å². The van der Waals surface area contributed by atoms with Gasteiger partial charge in [0.25, 0.3) is 0 Å². The van der Waals surface area contributed by atoms with Crippen molar-refractivity contribution in [3.63, 3.8) is 0 Å². The van der Waals surface area contributed by atoms with Crippen LogP contribution in [0.25, 0.3) is 0 Å². The Hall–Kier alpha value is -0.970. The number of nitriles is 1. The SMILES string of the molecule is C/C(=C\N)C1(C#N)CC1. The maximum absolute atomic E-state index is 8.61. The molecule has 0 spiro atoms. The Balaban J connectivity index is 2.75. The predicted octanol–water partition coefficient (Wildman–Crippen LogP) is 1.15. The van der Waals surface area contributed by atoms with Crippen LogP contribution in [0.15, 0.2) is 11.8 Å². The van der Waals surface area contributed by atoms with E-state index >= 15 is 0 Å². The second-order valence-electron chi connectivity index (χ2n) is 2.54. The molecular formula is C7H10N2. The summed E-state index contributed by atoms with van der Waals surface area (Å²) >= 11 is 0. The second-order valence-corrected chi connectivity index (χ2v) is 2.54. The fraction of sp³-hybridized carbons (Fsp3) is 0.571. The van der Waals surface area contributed by atoms with Crippen molar-refractivity contribution in [2.75, 3.05) is 0 Å². The summed E-state index contributed by atoms with van der Waals surface area (Å²) in [5, 5.41) is 8.61. The molecule has 0 bridgehead atoms. The van der Waals surface area contributed by atoms with Gasteiger partial charge in [0, 0.05) is 0 Å². The third kappa shape index (κ3) is 0.787. The molecule has 2 heteroatoms. The highest BCUT2D eigenvalue weighted by atomic mass is 14.6. The molecule has 0 aromatic carbocycles. The first-order valence-electron chi connectivity index (χ1n) is 3.05. The summed E-state index contributed by atoms with van der Waals surface area (Å²) in [6.07, 6.45) is 3.52. The molecule has 0 unspecified atom stereocenters. The Bertz CT molecular complexity index is 182. The smallest absolute Gasteiger partial charge is 0.0798 e. The minimum atomic E-state index is -0.158. The first-order chi connectivity index (χ1) is 4.25. The van der Waals surface area contributed by atoms with Gasteiger partial charge in [-0.2, -0.15) is 5.26 Å². The topological polar surface area (TPSA) is 49.8 Å². The monoisotopic (exact) mass is 122 g/mol. The van der Waals surface area contributed by atoms with E-state index in [2.05, 4.69) is 6.07 Å². The van der Waals surface area contributed by atoms with Gasteiger partial charge in [-0.05, 0) is 31.5 Å². The van der Waals surface area contributed by atoms with Gasteiger partial charge < -0.3 is 5.73 Å². The van der Waals surface area contributed by atoms with E-state index in [4.69, 9.17) is 11.0 Å². The lowest BCUT2D eigenvalue weighted by Crippen LogP contribution is -1.99. The first kappa shape index (κ1) is 6.15. The van der Waals surface area contributed by atoms with E-state index in [9.17, 15) is 0 Å². The lowest BCUT2D eigenvalue weighted by Gasteiger charge is -2.01. The molecule has 2 N–H and O–H groups in total. The molecule has 0 atom stereocenters. The fourth-order valence-electron chi connectivity index (χ4n) is 0.879. The Kier molecular flexibility index (Phi) is 1.21. The summed E-state index contributed by atoms with van der Waals surface area (Å²) in [5.41, 5.74) is 6.12. The van der Waals surface area contributed by atoms with Crippen molar-refractivity contribution in [1.82, 2.24) is 0 Å². The molecule has 1 fully saturated rings. The molecule has 0 amide bonds. The molecule has 48 valence electrons. The summed E-state index contributed by atoms with van der Waals surface area (Å²) in [6, 6.07) is 2.25. The third-order valence-corrected chi connectivity index (χ3v) is 1.97. The maximum Gasteiger partial charge on any atom is 0.0798 e. The largest absolute Gasteiger partial charge is 0.405 e. The summed E-state index contributed by atoms with van der Waals surface area (Å²) < 4.78 is 0. The summed E-state index contributed by atoms with van der Waals surface area (Å²) in [5.74, 6) is 0. The fourth-order valence-corrected chi connectivity index (χ4v) is 0.879. The zero-order valence-corrected chi connectivity index (χ0v) is 5.52.